The molecule has 3 atom stereocenters. The number of fused-ring (bicyclic) bond motifs is 3. The van der Waals surface area contributed by atoms with Crippen LogP contribution in [0.5, 0.6) is 0 Å². The predicted octanol–water partition coefficient (Wildman–Crippen LogP) is 3.08. The van der Waals surface area contributed by atoms with Crippen LogP contribution in [0.1, 0.15) is 39.4 Å². The van der Waals surface area contributed by atoms with Gasteiger partial charge in [-0.2, -0.15) is 0 Å². The van der Waals surface area contributed by atoms with Gasteiger partial charge in [-0.3, -0.25) is 9.78 Å². The van der Waals surface area contributed by atoms with Gasteiger partial charge in [0, 0.05) is 37.3 Å². The van der Waals surface area contributed by atoms with Crippen molar-refractivity contribution in [1.82, 2.24) is 15.3 Å². The van der Waals surface area contributed by atoms with Gasteiger partial charge in [0.05, 0.1) is 12.2 Å². The zero-order chi connectivity index (χ0) is 18.4. The highest BCUT2D eigenvalue weighted by Crippen LogP contribution is 2.49. The van der Waals surface area contributed by atoms with Crippen LogP contribution in [0.3, 0.4) is 0 Å². The molecule has 3 aromatic rings. The lowest BCUT2D eigenvalue weighted by atomic mass is 9.94. The van der Waals surface area contributed by atoms with Crippen molar-refractivity contribution in [2.24, 2.45) is 5.92 Å². The molecule has 0 radical (unpaired) electrons. The third-order valence-corrected chi connectivity index (χ3v) is 5.65. The average Bonchev–Trinajstić information content (AvgIpc) is 3.39. The van der Waals surface area contributed by atoms with Crippen LogP contribution in [0.2, 0.25) is 0 Å². The summed E-state index contributed by atoms with van der Waals surface area (Å²) < 4.78 is 5.50. The summed E-state index contributed by atoms with van der Waals surface area (Å²) in [6.45, 7) is 3.56. The molecule has 1 fully saturated rings. The van der Waals surface area contributed by atoms with Gasteiger partial charge in [0.2, 0.25) is 0 Å². The van der Waals surface area contributed by atoms with Gasteiger partial charge < -0.3 is 14.6 Å². The maximum Gasteiger partial charge on any atom is 0.287 e. The van der Waals surface area contributed by atoms with Crippen LogP contribution in [0.25, 0.3) is 0 Å². The van der Waals surface area contributed by atoms with E-state index in [-0.39, 0.29) is 11.9 Å². The van der Waals surface area contributed by atoms with Crippen molar-refractivity contribution in [3.8, 4) is 0 Å². The fraction of sp³-hybridized carbons (Fsp3) is 0.286. The van der Waals surface area contributed by atoms with E-state index in [1.807, 2.05) is 19.1 Å². The molecule has 0 spiro atoms. The molecule has 136 valence electrons. The van der Waals surface area contributed by atoms with Crippen molar-refractivity contribution in [2.75, 3.05) is 18.0 Å². The van der Waals surface area contributed by atoms with E-state index >= 15 is 0 Å². The Bertz CT molecular complexity index is 985. The summed E-state index contributed by atoms with van der Waals surface area (Å²) in [6, 6.07) is 11.9. The molecule has 6 nitrogen and oxygen atoms in total. The summed E-state index contributed by atoms with van der Waals surface area (Å²) in [5, 5.41) is 3.21. The third-order valence-electron chi connectivity index (χ3n) is 5.65. The first-order chi connectivity index (χ1) is 13.2. The minimum absolute atomic E-state index is 0.0363. The number of aromatic nitrogens is 2. The lowest BCUT2D eigenvalue weighted by molar-refractivity contribution is 0.0896. The number of hydrogen-bond acceptors (Lipinski definition) is 5. The van der Waals surface area contributed by atoms with Gasteiger partial charge in [0.25, 0.3) is 5.91 Å². The Labute approximate surface area is 157 Å². The molecule has 2 aromatic heterocycles. The Morgan fingerprint density at radius 3 is 2.74 bits per heavy atom. The van der Waals surface area contributed by atoms with E-state index in [1.165, 1.54) is 11.1 Å². The minimum Gasteiger partial charge on any atom is -0.456 e. The fourth-order valence-electron chi connectivity index (χ4n) is 4.45. The molecular weight excluding hydrogens is 340 g/mol. The number of hydrogen-bond donors (Lipinski definition) is 1. The largest absolute Gasteiger partial charge is 0.456 e. The van der Waals surface area contributed by atoms with E-state index in [0.29, 0.717) is 17.6 Å². The molecule has 1 aromatic carbocycles. The molecule has 1 saturated heterocycles. The monoisotopic (exact) mass is 360 g/mol. The van der Waals surface area contributed by atoms with Crippen LogP contribution >= 0.6 is 0 Å². The van der Waals surface area contributed by atoms with Gasteiger partial charge in [0.15, 0.2) is 5.76 Å². The van der Waals surface area contributed by atoms with Crippen LogP contribution in [0.15, 0.2) is 59.4 Å². The second-order valence-corrected chi connectivity index (χ2v) is 7.23. The number of rotatable bonds is 3. The Morgan fingerprint density at radius 2 is 2.00 bits per heavy atom. The normalized spacial score (nSPS) is 23.1. The average molecular weight is 360 g/mol. The summed E-state index contributed by atoms with van der Waals surface area (Å²) in [5.41, 5.74) is 2.53. The Kier molecular flexibility index (Phi) is 3.70. The van der Waals surface area contributed by atoms with Gasteiger partial charge in [-0.15, -0.1) is 0 Å². The Balaban J connectivity index is 1.45. The molecule has 3 heterocycles. The van der Waals surface area contributed by atoms with Crippen molar-refractivity contribution in [2.45, 2.75) is 18.9 Å². The number of nitrogens with zero attached hydrogens (tertiary/aromatic N) is 3. The quantitative estimate of drug-likeness (QED) is 0.777. The number of benzene rings is 1. The van der Waals surface area contributed by atoms with Crippen molar-refractivity contribution in [1.29, 1.82) is 0 Å². The molecule has 0 saturated carbocycles. The summed E-state index contributed by atoms with van der Waals surface area (Å²) in [6.07, 6.45) is 5.20. The van der Waals surface area contributed by atoms with Gasteiger partial charge in [-0.25, -0.2) is 4.98 Å². The van der Waals surface area contributed by atoms with Crippen LogP contribution in [0, 0.1) is 12.8 Å². The van der Waals surface area contributed by atoms with E-state index in [2.05, 4.69) is 38.4 Å². The number of anilines is 1. The number of amides is 1. The van der Waals surface area contributed by atoms with Gasteiger partial charge in [-0.05, 0) is 30.2 Å². The van der Waals surface area contributed by atoms with Crippen LogP contribution < -0.4 is 10.2 Å². The standard InChI is InChI=1S/C21H20N4O2/c1-13-6-7-18(27-13)21(26)24-20-15-5-3-2-4-14(15)16-11-25(12-17(16)20)19-10-22-8-9-23-19/h2-10,16-17,20H,11-12H2,1H3,(H,24,26)/t16-,17-,20+/m0/s1. The molecule has 2 aliphatic rings. The van der Waals surface area contributed by atoms with E-state index in [9.17, 15) is 4.79 Å². The van der Waals surface area contributed by atoms with Gasteiger partial charge in [-0.1, -0.05) is 24.3 Å². The summed E-state index contributed by atoms with van der Waals surface area (Å²) in [7, 11) is 0. The third kappa shape index (κ3) is 2.68. The number of aryl methyl sites for hydroxylation is 1. The topological polar surface area (TPSA) is 71.3 Å². The maximum atomic E-state index is 12.7. The van der Waals surface area contributed by atoms with Crippen LogP contribution in [-0.4, -0.2) is 29.0 Å². The lowest BCUT2D eigenvalue weighted by Gasteiger charge is -2.23. The zero-order valence-corrected chi connectivity index (χ0v) is 15.0. The number of carbonyl (C=O) groups excluding carboxylic acids is 1. The highest BCUT2D eigenvalue weighted by Gasteiger charge is 2.47. The Hall–Kier alpha value is -3.15. The molecule has 0 unspecified atom stereocenters. The SMILES string of the molecule is Cc1ccc(C(=O)N[C@@H]2c3ccccc3[C@@H]3CN(c4cnccn4)C[C@H]23)o1. The summed E-state index contributed by atoms with van der Waals surface area (Å²) in [4.78, 5) is 23.6. The van der Waals surface area contributed by atoms with Crippen molar-refractivity contribution in [3.05, 3.63) is 77.6 Å². The predicted molar refractivity (Wildman–Crippen MR) is 101 cm³/mol. The minimum atomic E-state index is -0.165. The van der Waals surface area contributed by atoms with Gasteiger partial charge >= 0.3 is 0 Å². The highest BCUT2D eigenvalue weighted by atomic mass is 16.3. The zero-order valence-electron chi connectivity index (χ0n) is 15.0. The molecule has 1 amide bonds. The molecule has 1 aliphatic carbocycles. The summed E-state index contributed by atoms with van der Waals surface area (Å²) >= 11 is 0. The van der Waals surface area contributed by atoms with E-state index in [0.717, 1.165) is 24.7 Å². The van der Waals surface area contributed by atoms with Crippen molar-refractivity contribution in [3.63, 3.8) is 0 Å². The second kappa shape index (κ2) is 6.23. The van der Waals surface area contributed by atoms with Gasteiger partial charge in [0.1, 0.15) is 11.6 Å². The maximum absolute atomic E-state index is 12.7. The number of nitrogens with one attached hydrogen (secondary N) is 1. The van der Waals surface area contributed by atoms with E-state index < -0.39 is 0 Å². The van der Waals surface area contributed by atoms with E-state index in [1.54, 1.807) is 24.7 Å². The van der Waals surface area contributed by atoms with E-state index in [4.69, 9.17) is 4.42 Å². The first kappa shape index (κ1) is 16.1. The molecule has 27 heavy (non-hydrogen) atoms. The molecule has 5 rings (SSSR count). The molecule has 0 bridgehead atoms. The first-order valence-corrected chi connectivity index (χ1v) is 9.18. The molecule has 1 N–H and O–H groups in total. The van der Waals surface area contributed by atoms with Crippen molar-refractivity contribution >= 4 is 11.7 Å². The molecule has 6 heteroatoms. The lowest BCUT2D eigenvalue weighted by Crippen LogP contribution is -2.33. The smallest absolute Gasteiger partial charge is 0.287 e. The van der Waals surface area contributed by atoms with Crippen molar-refractivity contribution < 1.29 is 9.21 Å². The Morgan fingerprint density at radius 1 is 1.15 bits per heavy atom. The van der Waals surface area contributed by atoms with Crippen LogP contribution in [0.4, 0.5) is 5.82 Å². The number of furan rings is 1. The highest BCUT2D eigenvalue weighted by molar-refractivity contribution is 5.92. The summed E-state index contributed by atoms with van der Waals surface area (Å²) in [5.74, 6) is 2.48. The first-order valence-electron chi connectivity index (χ1n) is 9.18. The fourth-order valence-corrected chi connectivity index (χ4v) is 4.45. The molecular formula is C21H20N4O2. The number of carbonyl (C=O) groups is 1. The van der Waals surface area contributed by atoms with Crippen LogP contribution in [-0.2, 0) is 0 Å². The molecule has 1 aliphatic heterocycles. The second-order valence-electron chi connectivity index (χ2n) is 7.23.